The first-order valence-electron chi connectivity index (χ1n) is 7.60. The lowest BCUT2D eigenvalue weighted by Crippen LogP contribution is -2.41. The molecule has 0 radical (unpaired) electrons. The molecular weight excluding hydrogens is 306 g/mol. The van der Waals surface area contributed by atoms with Gasteiger partial charge < -0.3 is 26.6 Å². The SMILES string of the molecule is NC(=O)NCCCC(NC(=O)CCCCCCC(=O)O)C(=O)O. The normalized spacial score (nSPS) is 11.5. The smallest absolute Gasteiger partial charge is 0.326 e. The largest absolute Gasteiger partial charge is 0.481 e. The van der Waals surface area contributed by atoms with E-state index >= 15 is 0 Å². The molecule has 0 aliphatic heterocycles. The molecule has 0 fully saturated rings. The minimum Gasteiger partial charge on any atom is -0.481 e. The van der Waals surface area contributed by atoms with Crippen LogP contribution in [0.4, 0.5) is 4.79 Å². The van der Waals surface area contributed by atoms with E-state index in [0.29, 0.717) is 19.3 Å². The van der Waals surface area contributed by atoms with Gasteiger partial charge in [0.25, 0.3) is 0 Å². The number of unbranched alkanes of at least 4 members (excludes halogenated alkanes) is 3. The number of amides is 3. The Balaban J connectivity index is 3.85. The summed E-state index contributed by atoms with van der Waals surface area (Å²) in [6.07, 6.45) is 3.50. The third-order valence-electron chi connectivity index (χ3n) is 3.15. The van der Waals surface area contributed by atoms with Crippen LogP contribution in [0.1, 0.15) is 51.4 Å². The van der Waals surface area contributed by atoms with Gasteiger partial charge in [-0.05, 0) is 25.7 Å². The van der Waals surface area contributed by atoms with Crippen molar-refractivity contribution in [3.63, 3.8) is 0 Å². The number of urea groups is 1. The first-order chi connectivity index (χ1) is 10.8. The highest BCUT2D eigenvalue weighted by Crippen LogP contribution is 2.06. The van der Waals surface area contributed by atoms with Gasteiger partial charge in [-0.2, -0.15) is 0 Å². The van der Waals surface area contributed by atoms with E-state index in [9.17, 15) is 19.2 Å². The molecule has 0 aromatic carbocycles. The van der Waals surface area contributed by atoms with Gasteiger partial charge in [-0.25, -0.2) is 9.59 Å². The van der Waals surface area contributed by atoms with E-state index in [0.717, 1.165) is 12.8 Å². The molecule has 0 aromatic heterocycles. The fraction of sp³-hybridized carbons (Fsp3) is 0.714. The average Bonchev–Trinajstić information content (AvgIpc) is 2.45. The van der Waals surface area contributed by atoms with Crippen molar-refractivity contribution in [2.24, 2.45) is 5.73 Å². The van der Waals surface area contributed by atoms with Gasteiger partial charge in [-0.3, -0.25) is 9.59 Å². The van der Waals surface area contributed by atoms with E-state index in [1.165, 1.54) is 0 Å². The van der Waals surface area contributed by atoms with Crippen molar-refractivity contribution in [2.45, 2.75) is 57.4 Å². The number of nitrogens with one attached hydrogen (secondary N) is 2. The van der Waals surface area contributed by atoms with E-state index in [2.05, 4.69) is 10.6 Å². The highest BCUT2D eigenvalue weighted by atomic mass is 16.4. The third-order valence-corrected chi connectivity index (χ3v) is 3.15. The van der Waals surface area contributed by atoms with Crippen molar-refractivity contribution in [1.29, 1.82) is 0 Å². The van der Waals surface area contributed by atoms with Gasteiger partial charge in [-0.1, -0.05) is 12.8 Å². The van der Waals surface area contributed by atoms with E-state index in [4.69, 9.17) is 15.9 Å². The van der Waals surface area contributed by atoms with Crippen LogP contribution in [0.2, 0.25) is 0 Å². The summed E-state index contributed by atoms with van der Waals surface area (Å²) in [5, 5.41) is 22.3. The van der Waals surface area contributed by atoms with Crippen LogP contribution in [-0.4, -0.2) is 46.7 Å². The molecule has 1 atom stereocenters. The summed E-state index contributed by atoms with van der Waals surface area (Å²) >= 11 is 0. The number of rotatable bonds is 13. The highest BCUT2D eigenvalue weighted by molar-refractivity contribution is 5.83. The minimum atomic E-state index is -1.13. The lowest BCUT2D eigenvalue weighted by molar-refractivity contribution is -0.142. The average molecular weight is 331 g/mol. The predicted octanol–water partition coefficient (Wildman–Crippen LogP) is 0.429. The maximum absolute atomic E-state index is 11.7. The lowest BCUT2D eigenvalue weighted by Gasteiger charge is -2.14. The summed E-state index contributed by atoms with van der Waals surface area (Å²) in [7, 11) is 0. The van der Waals surface area contributed by atoms with Crippen molar-refractivity contribution in [2.75, 3.05) is 6.54 Å². The molecule has 0 spiro atoms. The number of carboxylic acid groups (broad SMARTS) is 2. The number of carboxylic acids is 2. The van der Waals surface area contributed by atoms with Gasteiger partial charge in [0.1, 0.15) is 6.04 Å². The fourth-order valence-electron chi connectivity index (χ4n) is 1.96. The molecule has 3 amide bonds. The molecule has 9 heteroatoms. The molecule has 9 nitrogen and oxygen atoms in total. The van der Waals surface area contributed by atoms with Crippen molar-refractivity contribution < 1.29 is 29.4 Å². The van der Waals surface area contributed by atoms with Gasteiger partial charge >= 0.3 is 18.0 Å². The molecular formula is C14H25N3O6. The molecule has 0 saturated heterocycles. The Labute approximate surface area is 134 Å². The molecule has 0 bridgehead atoms. The predicted molar refractivity (Wildman–Crippen MR) is 81.7 cm³/mol. The number of aliphatic carboxylic acids is 2. The van der Waals surface area contributed by atoms with Crippen LogP contribution < -0.4 is 16.4 Å². The Hall–Kier alpha value is -2.32. The minimum absolute atomic E-state index is 0.118. The summed E-state index contributed by atoms with van der Waals surface area (Å²) in [5.41, 5.74) is 4.89. The third kappa shape index (κ3) is 13.1. The molecule has 1 unspecified atom stereocenters. The lowest BCUT2D eigenvalue weighted by atomic mass is 10.1. The summed E-state index contributed by atoms with van der Waals surface area (Å²) in [5.74, 6) is -2.31. The second-order valence-electron chi connectivity index (χ2n) is 5.20. The number of nitrogens with two attached hydrogens (primary N) is 1. The summed E-state index contributed by atoms with van der Waals surface area (Å²) < 4.78 is 0. The van der Waals surface area contributed by atoms with Crippen LogP contribution in [0.25, 0.3) is 0 Å². The zero-order valence-electron chi connectivity index (χ0n) is 13.0. The van der Waals surface area contributed by atoms with Crippen LogP contribution in [0.3, 0.4) is 0 Å². The standard InChI is InChI=1S/C14H25N3O6/c15-14(23)16-9-5-6-10(13(21)22)17-11(18)7-3-1-2-4-8-12(19)20/h10H,1-9H2,(H,17,18)(H,19,20)(H,21,22)(H3,15,16,23). The molecule has 0 rings (SSSR count). The van der Waals surface area contributed by atoms with Gasteiger partial charge in [0.15, 0.2) is 0 Å². The van der Waals surface area contributed by atoms with E-state index in [-0.39, 0.29) is 31.7 Å². The molecule has 0 heterocycles. The second kappa shape index (κ2) is 12.2. The van der Waals surface area contributed by atoms with Crippen molar-refractivity contribution in [1.82, 2.24) is 10.6 Å². The Morgan fingerprint density at radius 2 is 1.52 bits per heavy atom. The van der Waals surface area contributed by atoms with E-state index in [1.54, 1.807) is 0 Å². The van der Waals surface area contributed by atoms with Crippen LogP contribution in [0, 0.1) is 0 Å². The number of primary amides is 1. The van der Waals surface area contributed by atoms with Crippen LogP contribution in [0.5, 0.6) is 0 Å². The quantitative estimate of drug-likeness (QED) is 0.308. The van der Waals surface area contributed by atoms with Crippen molar-refractivity contribution in [3.8, 4) is 0 Å². The number of hydrogen-bond acceptors (Lipinski definition) is 4. The van der Waals surface area contributed by atoms with Crippen LogP contribution in [-0.2, 0) is 14.4 Å². The first-order valence-corrected chi connectivity index (χ1v) is 7.60. The number of carbonyl (C=O) groups excluding carboxylic acids is 2. The van der Waals surface area contributed by atoms with E-state index in [1.807, 2.05) is 0 Å². The zero-order chi connectivity index (χ0) is 17.7. The number of carbonyl (C=O) groups is 4. The molecule has 132 valence electrons. The first kappa shape index (κ1) is 20.7. The molecule has 0 aliphatic carbocycles. The van der Waals surface area contributed by atoms with Gasteiger partial charge in [0.05, 0.1) is 0 Å². The Morgan fingerprint density at radius 1 is 0.913 bits per heavy atom. The molecule has 0 aromatic rings. The summed E-state index contributed by atoms with van der Waals surface area (Å²) in [6.45, 7) is 0.249. The van der Waals surface area contributed by atoms with Gasteiger partial charge in [0.2, 0.25) is 5.91 Å². The maximum Gasteiger partial charge on any atom is 0.326 e. The fourth-order valence-corrected chi connectivity index (χ4v) is 1.96. The van der Waals surface area contributed by atoms with Crippen molar-refractivity contribution >= 4 is 23.9 Å². The topological polar surface area (TPSA) is 159 Å². The molecule has 23 heavy (non-hydrogen) atoms. The van der Waals surface area contributed by atoms with Crippen molar-refractivity contribution in [3.05, 3.63) is 0 Å². The molecule has 6 N–H and O–H groups in total. The van der Waals surface area contributed by atoms with Gasteiger partial charge in [-0.15, -0.1) is 0 Å². The zero-order valence-corrected chi connectivity index (χ0v) is 13.0. The Kier molecular flexibility index (Phi) is 11.0. The Bertz CT molecular complexity index is 413. The maximum atomic E-state index is 11.7. The summed E-state index contributed by atoms with van der Waals surface area (Å²) in [4.78, 5) is 43.5. The second-order valence-corrected chi connectivity index (χ2v) is 5.20. The summed E-state index contributed by atoms with van der Waals surface area (Å²) in [6, 6.07) is -1.67. The Morgan fingerprint density at radius 3 is 2.04 bits per heavy atom. The van der Waals surface area contributed by atoms with E-state index < -0.39 is 24.0 Å². The van der Waals surface area contributed by atoms with Crippen LogP contribution in [0.15, 0.2) is 0 Å². The molecule has 0 saturated carbocycles. The highest BCUT2D eigenvalue weighted by Gasteiger charge is 2.19. The molecule has 0 aliphatic rings. The van der Waals surface area contributed by atoms with Crippen LogP contribution >= 0.6 is 0 Å². The number of hydrogen-bond donors (Lipinski definition) is 5. The monoisotopic (exact) mass is 331 g/mol. The van der Waals surface area contributed by atoms with Gasteiger partial charge in [0, 0.05) is 19.4 Å².